The maximum absolute atomic E-state index is 2.42. The number of benzene rings is 7. The van der Waals surface area contributed by atoms with Gasteiger partial charge in [-0.15, -0.1) is 0 Å². The third-order valence-electron chi connectivity index (χ3n) is 10.7. The van der Waals surface area contributed by atoms with E-state index in [0.29, 0.717) is 0 Å². The van der Waals surface area contributed by atoms with Gasteiger partial charge in [-0.25, -0.2) is 0 Å². The van der Waals surface area contributed by atoms with E-state index in [4.69, 9.17) is 0 Å². The molecule has 0 nitrogen and oxygen atoms in total. The molecule has 0 fully saturated rings. The van der Waals surface area contributed by atoms with Crippen molar-refractivity contribution in [3.05, 3.63) is 156 Å². The summed E-state index contributed by atoms with van der Waals surface area (Å²) in [5, 5.41) is 5.38. The van der Waals surface area contributed by atoms with Crippen LogP contribution in [-0.4, -0.2) is 0 Å². The van der Waals surface area contributed by atoms with Gasteiger partial charge < -0.3 is 0 Å². The number of hydrogen-bond donors (Lipinski definition) is 0. The van der Waals surface area contributed by atoms with Crippen molar-refractivity contribution in [3.8, 4) is 44.5 Å². The molecule has 0 radical (unpaired) electrons. The fourth-order valence-electron chi connectivity index (χ4n) is 8.60. The van der Waals surface area contributed by atoms with E-state index in [1.807, 2.05) is 0 Å². The van der Waals surface area contributed by atoms with Crippen molar-refractivity contribution in [2.24, 2.45) is 0 Å². The van der Waals surface area contributed by atoms with Crippen LogP contribution in [-0.2, 0) is 10.8 Å². The monoisotopic (exact) mass is 562 g/mol. The zero-order chi connectivity index (χ0) is 29.8. The van der Waals surface area contributed by atoms with Crippen molar-refractivity contribution in [1.82, 2.24) is 0 Å². The molecule has 44 heavy (non-hydrogen) atoms. The van der Waals surface area contributed by atoms with Gasteiger partial charge in [0, 0.05) is 10.8 Å². The standard InChI is InChI=1S/C44H34/c1-43(2)33-21-13-11-19-29(33)39-35(43)25-23-31-37(27-15-7-5-8-16-27)32-24-26-36-40(30-20-12-14-22-34(30)44(36,3)4)42(32)38(41(31)39)28-17-9-6-10-18-28/h5-26H,1-4H3. The molecule has 0 aliphatic heterocycles. The van der Waals surface area contributed by atoms with Crippen molar-refractivity contribution in [3.63, 3.8) is 0 Å². The van der Waals surface area contributed by atoms with Gasteiger partial charge in [0.1, 0.15) is 0 Å². The van der Waals surface area contributed by atoms with E-state index in [1.165, 1.54) is 88.3 Å². The lowest BCUT2D eigenvalue weighted by Crippen LogP contribution is -2.15. The second kappa shape index (κ2) is 8.80. The average Bonchev–Trinajstić information content (AvgIpc) is 3.44. The lowest BCUT2D eigenvalue weighted by molar-refractivity contribution is 0.661. The van der Waals surface area contributed by atoms with Crippen molar-refractivity contribution in [2.45, 2.75) is 38.5 Å². The molecule has 0 amide bonds. The summed E-state index contributed by atoms with van der Waals surface area (Å²) in [4.78, 5) is 0. The van der Waals surface area contributed by atoms with Crippen LogP contribution in [0.25, 0.3) is 66.1 Å². The summed E-state index contributed by atoms with van der Waals surface area (Å²) in [5.41, 5.74) is 16.2. The maximum Gasteiger partial charge on any atom is 0.0159 e. The SMILES string of the molecule is CC1(C)c2ccccc2-c2c1ccc1c(-c3ccccc3)c3ccc4c(c3c(-c3ccccc3)c21)-c1ccccc1C4(C)C. The van der Waals surface area contributed by atoms with E-state index in [9.17, 15) is 0 Å². The van der Waals surface area contributed by atoms with Crippen molar-refractivity contribution >= 4 is 21.5 Å². The van der Waals surface area contributed by atoms with Gasteiger partial charge in [-0.05, 0) is 88.3 Å². The molecule has 7 aromatic rings. The molecule has 210 valence electrons. The molecule has 0 saturated carbocycles. The van der Waals surface area contributed by atoms with E-state index in [1.54, 1.807) is 0 Å². The highest BCUT2D eigenvalue weighted by Crippen LogP contribution is 2.59. The number of fused-ring (bicyclic) bond motifs is 10. The number of rotatable bonds is 2. The topological polar surface area (TPSA) is 0 Å². The minimum atomic E-state index is -0.0802. The van der Waals surface area contributed by atoms with Crippen LogP contribution in [0.1, 0.15) is 49.9 Å². The van der Waals surface area contributed by atoms with Crippen LogP contribution in [0.4, 0.5) is 0 Å². The lowest BCUT2D eigenvalue weighted by Gasteiger charge is -2.25. The Hall–Kier alpha value is -4.94. The second-order valence-corrected chi connectivity index (χ2v) is 13.6. The van der Waals surface area contributed by atoms with Gasteiger partial charge in [0.25, 0.3) is 0 Å². The molecule has 0 unspecified atom stereocenters. The summed E-state index contributed by atoms with van der Waals surface area (Å²) >= 11 is 0. The Morgan fingerprint density at radius 3 is 1.16 bits per heavy atom. The first-order valence-corrected chi connectivity index (χ1v) is 15.8. The van der Waals surface area contributed by atoms with Crippen molar-refractivity contribution in [2.75, 3.05) is 0 Å². The van der Waals surface area contributed by atoms with E-state index < -0.39 is 0 Å². The summed E-state index contributed by atoms with van der Waals surface area (Å²) in [7, 11) is 0. The molecule has 0 aromatic heterocycles. The molecule has 0 spiro atoms. The largest absolute Gasteiger partial charge is 0.0622 e. The van der Waals surface area contributed by atoms with Gasteiger partial charge >= 0.3 is 0 Å². The highest BCUT2D eigenvalue weighted by Gasteiger charge is 2.40. The molecule has 0 N–H and O–H groups in total. The summed E-state index contributed by atoms with van der Waals surface area (Å²) in [5.74, 6) is 0. The van der Waals surface area contributed by atoms with E-state index >= 15 is 0 Å². The Kier molecular flexibility index (Phi) is 5.11. The molecule has 0 heterocycles. The van der Waals surface area contributed by atoms with Gasteiger partial charge in [0.15, 0.2) is 0 Å². The summed E-state index contributed by atoms with van der Waals surface area (Å²) in [6.07, 6.45) is 0. The van der Waals surface area contributed by atoms with Crippen LogP contribution >= 0.6 is 0 Å². The van der Waals surface area contributed by atoms with Crippen LogP contribution in [0.3, 0.4) is 0 Å². The summed E-state index contributed by atoms with van der Waals surface area (Å²) in [6.45, 7) is 9.56. The van der Waals surface area contributed by atoms with Crippen LogP contribution in [0.2, 0.25) is 0 Å². The van der Waals surface area contributed by atoms with Crippen LogP contribution in [0.15, 0.2) is 133 Å². The fourth-order valence-corrected chi connectivity index (χ4v) is 8.60. The third kappa shape index (κ3) is 3.18. The minimum absolute atomic E-state index is 0.0802. The fraction of sp³-hybridized carbons (Fsp3) is 0.136. The van der Waals surface area contributed by atoms with Crippen molar-refractivity contribution < 1.29 is 0 Å². The average molecular weight is 563 g/mol. The maximum atomic E-state index is 2.42. The van der Waals surface area contributed by atoms with Gasteiger partial charge in [-0.2, -0.15) is 0 Å². The van der Waals surface area contributed by atoms with Crippen LogP contribution in [0.5, 0.6) is 0 Å². The molecular formula is C44H34. The van der Waals surface area contributed by atoms with Gasteiger partial charge in [0.2, 0.25) is 0 Å². The smallest absolute Gasteiger partial charge is 0.0159 e. The van der Waals surface area contributed by atoms with Gasteiger partial charge in [-0.3, -0.25) is 0 Å². The molecule has 7 aromatic carbocycles. The molecule has 2 aliphatic carbocycles. The first-order valence-electron chi connectivity index (χ1n) is 15.8. The quantitative estimate of drug-likeness (QED) is 0.184. The third-order valence-corrected chi connectivity index (χ3v) is 10.7. The Bertz CT molecular complexity index is 2180. The van der Waals surface area contributed by atoms with Gasteiger partial charge in [0.05, 0.1) is 0 Å². The van der Waals surface area contributed by atoms with Crippen LogP contribution in [0, 0.1) is 0 Å². The van der Waals surface area contributed by atoms with Gasteiger partial charge in [-0.1, -0.05) is 161 Å². The predicted molar refractivity (Wildman–Crippen MR) is 187 cm³/mol. The summed E-state index contributed by atoms with van der Waals surface area (Å²) in [6, 6.07) is 50.0. The van der Waals surface area contributed by atoms with E-state index in [2.05, 4.69) is 161 Å². The molecule has 2 aliphatic rings. The molecule has 0 atom stereocenters. The Morgan fingerprint density at radius 2 is 0.705 bits per heavy atom. The highest BCUT2D eigenvalue weighted by molar-refractivity contribution is 6.29. The Balaban J connectivity index is 1.62. The summed E-state index contributed by atoms with van der Waals surface area (Å²) < 4.78 is 0. The normalized spacial score (nSPS) is 15.2. The molecule has 0 saturated heterocycles. The molecule has 0 heteroatoms. The minimum Gasteiger partial charge on any atom is -0.0622 e. The van der Waals surface area contributed by atoms with Crippen LogP contribution < -0.4 is 0 Å². The highest BCUT2D eigenvalue weighted by atomic mass is 14.4. The predicted octanol–water partition coefficient (Wildman–Crippen LogP) is 11.9. The second-order valence-electron chi connectivity index (χ2n) is 13.6. The molecular weight excluding hydrogens is 528 g/mol. The first-order chi connectivity index (χ1) is 21.4. The first kappa shape index (κ1) is 25.5. The van der Waals surface area contributed by atoms with E-state index in [-0.39, 0.29) is 10.8 Å². The molecule has 0 bridgehead atoms. The Labute approximate surface area is 259 Å². The zero-order valence-corrected chi connectivity index (χ0v) is 25.7. The zero-order valence-electron chi connectivity index (χ0n) is 25.7. The molecule has 9 rings (SSSR count). The van der Waals surface area contributed by atoms with E-state index in [0.717, 1.165) is 0 Å². The lowest BCUT2D eigenvalue weighted by atomic mass is 9.77. The van der Waals surface area contributed by atoms with Crippen molar-refractivity contribution in [1.29, 1.82) is 0 Å². The number of hydrogen-bond acceptors (Lipinski definition) is 0. The Morgan fingerprint density at radius 1 is 0.318 bits per heavy atom.